The first-order valence-corrected chi connectivity index (χ1v) is 12.9. The highest BCUT2D eigenvalue weighted by atomic mass is 19.4. The largest absolute Gasteiger partial charge is 0.483 e. The maximum Gasteiger partial charge on any atom is 0.416 e. The summed E-state index contributed by atoms with van der Waals surface area (Å²) in [5.74, 6) is 0.480. The van der Waals surface area contributed by atoms with E-state index in [1.54, 1.807) is 37.1 Å². The molecule has 44 heavy (non-hydrogen) atoms. The van der Waals surface area contributed by atoms with Crippen LogP contribution >= 0.6 is 0 Å². The molecule has 0 fully saturated rings. The molecule has 226 valence electrons. The molecule has 0 unspecified atom stereocenters. The summed E-state index contributed by atoms with van der Waals surface area (Å²) in [6.45, 7) is 2.53. The van der Waals surface area contributed by atoms with Gasteiger partial charge in [0.05, 0.1) is 17.8 Å². The Bertz CT molecular complexity index is 1820. The molecule has 5 heterocycles. The molecule has 0 atom stereocenters. The van der Waals surface area contributed by atoms with Crippen molar-refractivity contribution in [3.63, 3.8) is 0 Å². The Hall–Kier alpha value is -5.67. The molecule has 4 aromatic rings. The number of nitrogens with zero attached hydrogens (tertiary/aromatic N) is 7. The third kappa shape index (κ3) is 6.08. The first-order chi connectivity index (χ1) is 21.0. The fraction of sp³-hybridized carbons (Fsp3) is 0.179. The maximum absolute atomic E-state index is 15.0. The number of aryl methyl sites for hydroxylation is 2. The number of amidine groups is 1. The lowest BCUT2D eigenvalue weighted by atomic mass is 9.94. The second-order valence-electron chi connectivity index (χ2n) is 9.52. The highest BCUT2D eigenvalue weighted by molar-refractivity contribution is 6.36. The lowest BCUT2D eigenvalue weighted by molar-refractivity contribution is -0.137. The Morgan fingerprint density at radius 1 is 1.16 bits per heavy atom. The van der Waals surface area contributed by atoms with Gasteiger partial charge in [-0.1, -0.05) is 0 Å². The van der Waals surface area contributed by atoms with Crippen LogP contribution in [0.2, 0.25) is 0 Å². The molecular weight excluding hydrogens is 586 g/mol. The van der Waals surface area contributed by atoms with Gasteiger partial charge in [0.15, 0.2) is 5.82 Å². The summed E-state index contributed by atoms with van der Waals surface area (Å²) in [4.78, 5) is 40.5. The molecule has 2 aliphatic rings. The minimum Gasteiger partial charge on any atom is -0.483 e. The number of aromatic nitrogens is 5. The van der Waals surface area contributed by atoms with Crippen molar-refractivity contribution < 1.29 is 32.3 Å². The number of alkyl halides is 3. The monoisotopic (exact) mass is 609 g/mol. The van der Waals surface area contributed by atoms with Gasteiger partial charge in [-0.15, -0.1) is 0 Å². The van der Waals surface area contributed by atoms with Crippen LogP contribution in [0.1, 0.15) is 32.7 Å². The van der Waals surface area contributed by atoms with Crippen LogP contribution in [0.15, 0.2) is 53.9 Å². The van der Waals surface area contributed by atoms with E-state index in [1.807, 2.05) is 11.0 Å². The Labute approximate surface area is 246 Å². The molecule has 2 aliphatic heterocycles. The Morgan fingerprint density at radius 3 is 2.64 bits per heavy atom. The van der Waals surface area contributed by atoms with E-state index in [1.165, 1.54) is 12.1 Å². The zero-order chi connectivity index (χ0) is 31.6. The Balaban J connectivity index is 0.00000123. The minimum atomic E-state index is -4.66. The Morgan fingerprint density at radius 2 is 1.93 bits per heavy atom. The number of pyridine rings is 1. The van der Waals surface area contributed by atoms with Crippen LogP contribution in [-0.2, 0) is 18.0 Å². The van der Waals surface area contributed by atoms with Crippen LogP contribution in [0.25, 0.3) is 11.6 Å². The quantitative estimate of drug-likeness (QED) is 0.219. The summed E-state index contributed by atoms with van der Waals surface area (Å²) in [6, 6.07) is 5.84. The number of carbonyl (C=O) groups excluding carboxylic acids is 1. The number of halogens is 4. The fourth-order valence-corrected chi connectivity index (χ4v) is 4.63. The van der Waals surface area contributed by atoms with Crippen LogP contribution in [-0.4, -0.2) is 61.1 Å². The third-order valence-electron chi connectivity index (χ3n) is 6.56. The van der Waals surface area contributed by atoms with Crippen LogP contribution in [0.5, 0.6) is 0 Å². The zero-order valence-corrected chi connectivity index (χ0v) is 23.1. The summed E-state index contributed by atoms with van der Waals surface area (Å²) in [5.41, 5.74) is 0.767. The van der Waals surface area contributed by atoms with Gasteiger partial charge in [-0.25, -0.2) is 9.37 Å². The highest BCUT2D eigenvalue weighted by Gasteiger charge is 2.33. The fourth-order valence-electron chi connectivity index (χ4n) is 4.63. The predicted molar refractivity (Wildman–Crippen MR) is 153 cm³/mol. The average molecular weight is 610 g/mol. The normalized spacial score (nSPS) is 13.5. The van der Waals surface area contributed by atoms with Gasteiger partial charge >= 0.3 is 6.18 Å². The predicted octanol–water partition coefficient (Wildman–Crippen LogP) is 4.54. The second-order valence-corrected chi connectivity index (χ2v) is 9.52. The van der Waals surface area contributed by atoms with E-state index in [4.69, 9.17) is 9.90 Å². The van der Waals surface area contributed by atoms with Crippen LogP contribution in [0, 0.1) is 12.7 Å². The van der Waals surface area contributed by atoms with Crippen LogP contribution in [0.4, 0.5) is 40.8 Å². The molecule has 3 aromatic heterocycles. The van der Waals surface area contributed by atoms with Crippen molar-refractivity contribution in [1.82, 2.24) is 24.7 Å². The van der Waals surface area contributed by atoms with Gasteiger partial charge in [-0.2, -0.15) is 23.3 Å². The molecule has 6 rings (SSSR count). The molecule has 16 heteroatoms. The molecule has 12 nitrogen and oxygen atoms in total. The number of amides is 1. The number of carboxylic acid groups (broad SMARTS) is 1. The topological polar surface area (TPSA) is 151 Å². The smallest absolute Gasteiger partial charge is 0.416 e. The third-order valence-corrected chi connectivity index (χ3v) is 6.56. The molecule has 0 radical (unpaired) electrons. The summed E-state index contributed by atoms with van der Waals surface area (Å²) < 4.78 is 55.9. The molecular formula is C28H23F4N9O3. The van der Waals surface area contributed by atoms with Gasteiger partial charge in [0.2, 0.25) is 5.95 Å². The molecule has 3 N–H and O–H groups in total. The number of carbonyl (C=O) groups is 2. The molecule has 0 bridgehead atoms. The first-order valence-electron chi connectivity index (χ1n) is 12.9. The van der Waals surface area contributed by atoms with E-state index >= 15 is 0 Å². The molecule has 0 saturated heterocycles. The van der Waals surface area contributed by atoms with E-state index in [-0.39, 0.29) is 12.2 Å². The SMILES string of the molecule is Cc1cc(F)c(NC(=O)c2cc(C(F)(F)F)ccn2)cc1C1=Cc2cnc(Nc3ccn(C)n3)nc2N2CCN=C12.O=CO. The number of anilines is 4. The van der Waals surface area contributed by atoms with Crippen molar-refractivity contribution in [2.24, 2.45) is 12.0 Å². The second kappa shape index (κ2) is 11.9. The minimum absolute atomic E-state index is 0.210. The van der Waals surface area contributed by atoms with Crippen LogP contribution < -0.4 is 15.5 Å². The first kappa shape index (κ1) is 29.8. The van der Waals surface area contributed by atoms with E-state index in [2.05, 4.69) is 35.7 Å². The molecule has 1 amide bonds. The maximum atomic E-state index is 15.0. The van der Waals surface area contributed by atoms with Crippen LogP contribution in [0.3, 0.4) is 0 Å². The number of aliphatic imine (C=N–C) groups is 1. The van der Waals surface area contributed by atoms with Crippen molar-refractivity contribution in [3.05, 3.63) is 82.7 Å². The molecule has 0 spiro atoms. The van der Waals surface area contributed by atoms with Gasteiger partial charge in [0.1, 0.15) is 23.2 Å². The summed E-state index contributed by atoms with van der Waals surface area (Å²) >= 11 is 0. The number of hydrogen-bond donors (Lipinski definition) is 3. The van der Waals surface area contributed by atoms with Crippen molar-refractivity contribution in [1.29, 1.82) is 0 Å². The van der Waals surface area contributed by atoms with E-state index < -0.39 is 29.2 Å². The summed E-state index contributed by atoms with van der Waals surface area (Å²) in [5, 5.41) is 16.6. The number of benzene rings is 1. The molecule has 0 saturated carbocycles. The van der Waals surface area contributed by atoms with Crippen molar-refractivity contribution >= 4 is 53.1 Å². The Kier molecular flexibility index (Phi) is 8.07. The van der Waals surface area contributed by atoms with E-state index in [0.29, 0.717) is 64.8 Å². The zero-order valence-electron chi connectivity index (χ0n) is 23.1. The summed E-state index contributed by atoms with van der Waals surface area (Å²) in [7, 11) is 1.80. The summed E-state index contributed by atoms with van der Waals surface area (Å²) in [6.07, 6.45) is 1.51. The van der Waals surface area contributed by atoms with Crippen molar-refractivity contribution in [2.45, 2.75) is 13.1 Å². The number of rotatable bonds is 5. The van der Waals surface area contributed by atoms with Crippen molar-refractivity contribution in [3.8, 4) is 0 Å². The lowest BCUT2D eigenvalue weighted by Gasteiger charge is -2.28. The van der Waals surface area contributed by atoms with E-state index in [9.17, 15) is 22.4 Å². The lowest BCUT2D eigenvalue weighted by Crippen LogP contribution is -2.32. The highest BCUT2D eigenvalue weighted by Crippen LogP contribution is 2.38. The number of fused-ring (bicyclic) bond motifs is 3. The number of hydrogen-bond acceptors (Lipinski definition) is 9. The van der Waals surface area contributed by atoms with Gasteiger partial charge in [-0.3, -0.25) is 24.2 Å². The van der Waals surface area contributed by atoms with Gasteiger partial charge in [-0.05, 0) is 48.4 Å². The molecule has 1 aromatic carbocycles. The standard InChI is InChI=1S/C27H21F4N9O.CH2O2/c1-14-9-19(28)20(35-25(41)21-11-16(3-5-32-21)27(29,30)31)12-17(14)18-10-15-13-34-26(36-22-4-7-39(2)38-22)37-23(15)40-8-6-33-24(18)40;2-1-3/h3-5,7,9-13H,6,8H2,1-2H3,(H,35,41)(H,34,36,37,38);1H,(H,2,3). The average Bonchev–Trinajstić information content (AvgIpc) is 3.64. The van der Waals surface area contributed by atoms with E-state index in [0.717, 1.165) is 12.3 Å². The molecule has 0 aliphatic carbocycles. The van der Waals surface area contributed by atoms with Gasteiger partial charge < -0.3 is 20.6 Å². The van der Waals surface area contributed by atoms with Gasteiger partial charge in [0, 0.05) is 49.4 Å². The number of nitrogens with one attached hydrogen (secondary N) is 2. The van der Waals surface area contributed by atoms with Gasteiger partial charge in [0.25, 0.3) is 12.4 Å². The van der Waals surface area contributed by atoms with Crippen molar-refractivity contribution in [2.75, 3.05) is 28.6 Å².